The van der Waals surface area contributed by atoms with Gasteiger partial charge in [0.2, 0.25) is 5.91 Å². The number of amides is 1. The smallest absolute Gasteiger partial charge is 0.241 e. The maximum absolute atomic E-state index is 12.0. The molecule has 1 fully saturated rings. The van der Waals surface area contributed by atoms with E-state index in [9.17, 15) is 4.79 Å². The van der Waals surface area contributed by atoms with Crippen LogP contribution >= 0.6 is 0 Å². The van der Waals surface area contributed by atoms with Gasteiger partial charge in [0.05, 0.1) is 6.20 Å². The molecule has 1 unspecified atom stereocenters. The van der Waals surface area contributed by atoms with Crippen molar-refractivity contribution in [3.63, 3.8) is 0 Å². The molecule has 1 atom stereocenters. The van der Waals surface area contributed by atoms with Gasteiger partial charge in [0.1, 0.15) is 6.04 Å². The minimum atomic E-state index is -0.622. The van der Waals surface area contributed by atoms with Crippen LogP contribution in [0, 0.1) is 5.41 Å². The van der Waals surface area contributed by atoms with Crippen LogP contribution < -0.4 is 11.1 Å². The summed E-state index contributed by atoms with van der Waals surface area (Å²) in [6.07, 6.45) is 8.33. The molecular formula is C13H22N4O. The first-order valence-corrected chi connectivity index (χ1v) is 6.52. The number of carbonyl (C=O) groups is 1. The summed E-state index contributed by atoms with van der Waals surface area (Å²) in [5, 5.41) is 7.00. The molecule has 5 heteroatoms. The third-order valence-corrected chi connectivity index (χ3v) is 3.87. The van der Waals surface area contributed by atoms with Crippen LogP contribution in [0.3, 0.4) is 0 Å². The molecule has 0 aliphatic heterocycles. The van der Waals surface area contributed by atoms with E-state index in [1.54, 1.807) is 17.1 Å². The largest absolute Gasteiger partial charge is 0.354 e. The van der Waals surface area contributed by atoms with E-state index in [1.165, 1.54) is 25.7 Å². The summed E-state index contributed by atoms with van der Waals surface area (Å²) in [7, 11) is 1.81. The van der Waals surface area contributed by atoms with Gasteiger partial charge in [-0.1, -0.05) is 19.8 Å². The average Bonchev–Trinajstić information content (AvgIpc) is 2.95. The normalized spacial score (nSPS) is 19.7. The van der Waals surface area contributed by atoms with Crippen molar-refractivity contribution >= 4 is 5.91 Å². The predicted molar refractivity (Wildman–Crippen MR) is 69.7 cm³/mol. The summed E-state index contributed by atoms with van der Waals surface area (Å²) >= 11 is 0. The van der Waals surface area contributed by atoms with E-state index in [-0.39, 0.29) is 11.3 Å². The Hall–Kier alpha value is -1.36. The van der Waals surface area contributed by atoms with Crippen LogP contribution in [0.4, 0.5) is 0 Å². The SMILES string of the molecule is Cn1cc(C(N)C(=O)NCC2(C)CCCC2)cn1. The maximum atomic E-state index is 12.0. The third-order valence-electron chi connectivity index (χ3n) is 3.87. The van der Waals surface area contributed by atoms with Gasteiger partial charge in [0.15, 0.2) is 0 Å². The van der Waals surface area contributed by atoms with E-state index in [0.717, 1.165) is 12.1 Å². The zero-order chi connectivity index (χ0) is 13.2. The molecule has 18 heavy (non-hydrogen) atoms. The molecule has 0 aromatic carbocycles. The van der Waals surface area contributed by atoms with Crippen LogP contribution in [0.25, 0.3) is 0 Å². The first kappa shape index (κ1) is 13.1. The Balaban J connectivity index is 1.88. The number of aromatic nitrogens is 2. The van der Waals surface area contributed by atoms with E-state index in [1.807, 2.05) is 7.05 Å². The van der Waals surface area contributed by atoms with Gasteiger partial charge in [-0.25, -0.2) is 0 Å². The van der Waals surface area contributed by atoms with Crippen LogP contribution in [0.5, 0.6) is 0 Å². The Morgan fingerprint density at radius 3 is 2.83 bits per heavy atom. The number of hydrogen-bond acceptors (Lipinski definition) is 3. The Kier molecular flexibility index (Phi) is 3.71. The van der Waals surface area contributed by atoms with E-state index in [2.05, 4.69) is 17.3 Å². The Morgan fingerprint density at radius 1 is 1.61 bits per heavy atom. The van der Waals surface area contributed by atoms with Crippen LogP contribution in [0.15, 0.2) is 12.4 Å². The fraction of sp³-hybridized carbons (Fsp3) is 0.692. The lowest BCUT2D eigenvalue weighted by atomic mass is 9.89. The van der Waals surface area contributed by atoms with Crippen molar-refractivity contribution in [2.45, 2.75) is 38.6 Å². The first-order valence-electron chi connectivity index (χ1n) is 6.52. The Morgan fingerprint density at radius 2 is 2.28 bits per heavy atom. The topological polar surface area (TPSA) is 72.9 Å². The number of carbonyl (C=O) groups excluding carboxylic acids is 1. The molecule has 100 valence electrons. The first-order chi connectivity index (χ1) is 8.50. The van der Waals surface area contributed by atoms with Gasteiger partial charge < -0.3 is 11.1 Å². The summed E-state index contributed by atoms with van der Waals surface area (Å²) < 4.78 is 1.65. The van der Waals surface area contributed by atoms with Crippen molar-refractivity contribution in [1.82, 2.24) is 15.1 Å². The second-order valence-corrected chi connectivity index (χ2v) is 5.66. The third kappa shape index (κ3) is 2.90. The van der Waals surface area contributed by atoms with Gasteiger partial charge >= 0.3 is 0 Å². The van der Waals surface area contributed by atoms with Crippen LogP contribution in [0.2, 0.25) is 0 Å². The minimum absolute atomic E-state index is 0.115. The highest BCUT2D eigenvalue weighted by molar-refractivity contribution is 5.82. The highest BCUT2D eigenvalue weighted by Crippen LogP contribution is 2.36. The lowest BCUT2D eigenvalue weighted by molar-refractivity contribution is -0.122. The lowest BCUT2D eigenvalue weighted by Gasteiger charge is -2.24. The summed E-state index contributed by atoms with van der Waals surface area (Å²) in [5.74, 6) is -0.115. The van der Waals surface area contributed by atoms with Crippen molar-refractivity contribution < 1.29 is 4.79 Å². The van der Waals surface area contributed by atoms with Crippen molar-refractivity contribution in [3.05, 3.63) is 18.0 Å². The molecule has 1 aromatic rings. The number of aryl methyl sites for hydroxylation is 1. The number of nitrogens with one attached hydrogen (secondary N) is 1. The zero-order valence-corrected chi connectivity index (χ0v) is 11.1. The van der Waals surface area contributed by atoms with Gasteiger partial charge in [-0.3, -0.25) is 9.48 Å². The number of nitrogens with two attached hydrogens (primary N) is 1. The highest BCUT2D eigenvalue weighted by atomic mass is 16.2. The fourth-order valence-corrected chi connectivity index (χ4v) is 2.57. The molecule has 2 rings (SSSR count). The Labute approximate surface area is 108 Å². The molecule has 5 nitrogen and oxygen atoms in total. The summed E-state index contributed by atoms with van der Waals surface area (Å²) in [4.78, 5) is 12.0. The van der Waals surface area contributed by atoms with Crippen molar-refractivity contribution in [2.24, 2.45) is 18.2 Å². The monoisotopic (exact) mass is 250 g/mol. The van der Waals surface area contributed by atoms with E-state index in [4.69, 9.17) is 5.73 Å². The van der Waals surface area contributed by atoms with Crippen molar-refractivity contribution in [2.75, 3.05) is 6.54 Å². The lowest BCUT2D eigenvalue weighted by Crippen LogP contribution is -2.39. The molecule has 0 radical (unpaired) electrons. The molecule has 1 amide bonds. The minimum Gasteiger partial charge on any atom is -0.354 e. The van der Waals surface area contributed by atoms with Gasteiger partial charge in [-0.2, -0.15) is 5.10 Å². The molecule has 1 aliphatic rings. The second kappa shape index (κ2) is 5.10. The average molecular weight is 250 g/mol. The summed E-state index contributed by atoms with van der Waals surface area (Å²) in [5.41, 5.74) is 6.92. The molecule has 0 bridgehead atoms. The van der Waals surface area contributed by atoms with Crippen molar-refractivity contribution in [1.29, 1.82) is 0 Å². The molecule has 1 aliphatic carbocycles. The molecule has 1 saturated carbocycles. The Bertz CT molecular complexity index is 420. The molecular weight excluding hydrogens is 228 g/mol. The quantitative estimate of drug-likeness (QED) is 0.841. The predicted octanol–water partition coefficient (Wildman–Crippen LogP) is 1.12. The maximum Gasteiger partial charge on any atom is 0.241 e. The zero-order valence-electron chi connectivity index (χ0n) is 11.1. The molecule has 1 aromatic heterocycles. The number of nitrogens with zero attached hydrogens (tertiary/aromatic N) is 2. The number of hydrogen-bond donors (Lipinski definition) is 2. The second-order valence-electron chi connectivity index (χ2n) is 5.66. The van der Waals surface area contributed by atoms with Crippen LogP contribution in [0.1, 0.15) is 44.2 Å². The van der Waals surface area contributed by atoms with E-state index < -0.39 is 6.04 Å². The van der Waals surface area contributed by atoms with Gasteiger partial charge in [0, 0.05) is 25.4 Å². The van der Waals surface area contributed by atoms with Gasteiger partial charge in [-0.15, -0.1) is 0 Å². The molecule has 0 saturated heterocycles. The van der Waals surface area contributed by atoms with Crippen molar-refractivity contribution in [3.8, 4) is 0 Å². The number of rotatable bonds is 4. The highest BCUT2D eigenvalue weighted by Gasteiger charge is 2.29. The van der Waals surface area contributed by atoms with E-state index >= 15 is 0 Å². The standard InChI is InChI=1S/C13H22N4O/c1-13(5-3-4-6-13)9-15-12(18)11(14)10-7-16-17(2)8-10/h7-8,11H,3-6,9,14H2,1-2H3,(H,15,18). The molecule has 3 N–H and O–H groups in total. The molecule has 1 heterocycles. The summed E-state index contributed by atoms with van der Waals surface area (Å²) in [6.45, 7) is 2.95. The van der Waals surface area contributed by atoms with Gasteiger partial charge in [0.25, 0.3) is 0 Å². The van der Waals surface area contributed by atoms with Crippen LogP contribution in [-0.2, 0) is 11.8 Å². The molecule has 0 spiro atoms. The van der Waals surface area contributed by atoms with Crippen LogP contribution in [-0.4, -0.2) is 22.2 Å². The van der Waals surface area contributed by atoms with E-state index in [0.29, 0.717) is 0 Å². The van der Waals surface area contributed by atoms with Gasteiger partial charge in [-0.05, 0) is 18.3 Å². The fourth-order valence-electron chi connectivity index (χ4n) is 2.57. The summed E-state index contributed by atoms with van der Waals surface area (Å²) in [6, 6.07) is -0.622.